The molecule has 0 aliphatic rings. The lowest BCUT2D eigenvalue weighted by atomic mass is 10.2. The zero-order valence-corrected chi connectivity index (χ0v) is 11.8. The Morgan fingerprint density at radius 1 is 1.11 bits per heavy atom. The number of hydrogen-bond acceptors (Lipinski definition) is 3. The van der Waals surface area contributed by atoms with Crippen LogP contribution in [0.1, 0.15) is 39.2 Å². The highest BCUT2D eigenvalue weighted by atomic mass is 16.5. The first-order chi connectivity index (χ1) is 8.83. The molecule has 0 saturated heterocycles. The predicted octanol–water partition coefficient (Wildman–Crippen LogP) is 3.37. The Morgan fingerprint density at radius 2 is 1.94 bits per heavy atom. The van der Waals surface area contributed by atoms with Crippen molar-refractivity contribution < 1.29 is 9.47 Å². The van der Waals surface area contributed by atoms with Gasteiger partial charge in [0.2, 0.25) is 0 Å². The van der Waals surface area contributed by atoms with E-state index in [1.165, 1.54) is 5.56 Å². The minimum Gasteiger partial charge on any atom is -0.490 e. The first-order valence-corrected chi connectivity index (χ1v) is 6.91. The zero-order valence-electron chi connectivity index (χ0n) is 11.8. The van der Waals surface area contributed by atoms with Crippen LogP contribution in [0.4, 0.5) is 0 Å². The molecule has 0 aromatic heterocycles. The number of ether oxygens (including phenoxy) is 2. The van der Waals surface area contributed by atoms with E-state index in [0.29, 0.717) is 6.61 Å². The van der Waals surface area contributed by atoms with Crippen molar-refractivity contribution in [3.05, 3.63) is 23.8 Å². The molecule has 0 saturated carbocycles. The highest BCUT2D eigenvalue weighted by Crippen LogP contribution is 2.31. The molecule has 0 radical (unpaired) electrons. The van der Waals surface area contributed by atoms with Crippen molar-refractivity contribution in [3.63, 3.8) is 0 Å². The summed E-state index contributed by atoms with van der Waals surface area (Å²) in [6.07, 6.45) is 2.21. The van der Waals surface area contributed by atoms with Crippen LogP contribution in [0.3, 0.4) is 0 Å². The van der Waals surface area contributed by atoms with Gasteiger partial charge in [0.25, 0.3) is 0 Å². The summed E-state index contributed by atoms with van der Waals surface area (Å²) < 4.78 is 11.5. The lowest BCUT2D eigenvalue weighted by Crippen LogP contribution is -2.13. The van der Waals surface area contributed by atoms with Crippen LogP contribution in [0.15, 0.2) is 18.2 Å². The lowest BCUT2D eigenvalue weighted by molar-refractivity contribution is 0.269. The van der Waals surface area contributed by atoms with Crippen LogP contribution in [0.2, 0.25) is 0 Å². The van der Waals surface area contributed by atoms with Crippen molar-refractivity contribution in [2.24, 2.45) is 0 Å². The molecule has 0 bridgehead atoms. The Morgan fingerprint density at radius 3 is 2.61 bits per heavy atom. The first kappa shape index (κ1) is 14.8. The van der Waals surface area contributed by atoms with Gasteiger partial charge >= 0.3 is 0 Å². The standard InChI is InChI=1S/C15H25NO2/c1-4-7-11-18-15-13(12-16-5-2)9-8-10-14(15)17-6-3/h8-10,16H,4-7,11-12H2,1-3H3. The third-order valence-electron chi connectivity index (χ3n) is 2.67. The van der Waals surface area contributed by atoms with Crippen LogP contribution in [0.25, 0.3) is 0 Å². The Hall–Kier alpha value is -1.22. The van der Waals surface area contributed by atoms with Gasteiger partial charge in [0.1, 0.15) is 0 Å². The van der Waals surface area contributed by atoms with E-state index in [1.54, 1.807) is 0 Å². The van der Waals surface area contributed by atoms with Crippen molar-refractivity contribution in [2.45, 2.75) is 40.2 Å². The maximum atomic E-state index is 5.89. The molecule has 3 heteroatoms. The van der Waals surface area contributed by atoms with E-state index in [-0.39, 0.29) is 0 Å². The average Bonchev–Trinajstić information content (AvgIpc) is 2.39. The number of unbranched alkanes of at least 4 members (excludes halogenated alkanes) is 1. The average molecular weight is 251 g/mol. The maximum absolute atomic E-state index is 5.89. The number of hydrogen-bond donors (Lipinski definition) is 1. The van der Waals surface area contributed by atoms with E-state index in [2.05, 4.69) is 25.2 Å². The van der Waals surface area contributed by atoms with Crippen LogP contribution in [-0.2, 0) is 6.54 Å². The largest absolute Gasteiger partial charge is 0.490 e. The minimum atomic E-state index is 0.662. The van der Waals surface area contributed by atoms with E-state index in [9.17, 15) is 0 Å². The Kier molecular flexibility index (Phi) is 7.26. The van der Waals surface area contributed by atoms with E-state index in [0.717, 1.165) is 44.0 Å². The maximum Gasteiger partial charge on any atom is 0.165 e. The Balaban J connectivity index is 2.81. The molecule has 0 atom stereocenters. The molecule has 3 nitrogen and oxygen atoms in total. The number of para-hydroxylation sites is 1. The summed E-state index contributed by atoms with van der Waals surface area (Å²) in [5.74, 6) is 1.75. The fraction of sp³-hybridized carbons (Fsp3) is 0.600. The van der Waals surface area contributed by atoms with Crippen LogP contribution in [0.5, 0.6) is 11.5 Å². The third-order valence-corrected chi connectivity index (χ3v) is 2.67. The Labute approximate surface area is 110 Å². The second-order valence-electron chi connectivity index (χ2n) is 4.16. The van der Waals surface area contributed by atoms with Crippen molar-refractivity contribution in [1.82, 2.24) is 5.32 Å². The van der Waals surface area contributed by atoms with Gasteiger partial charge in [-0.2, -0.15) is 0 Å². The van der Waals surface area contributed by atoms with Crippen LogP contribution >= 0.6 is 0 Å². The van der Waals surface area contributed by atoms with Crippen LogP contribution in [0, 0.1) is 0 Å². The molecule has 18 heavy (non-hydrogen) atoms. The molecule has 0 amide bonds. The lowest BCUT2D eigenvalue weighted by Gasteiger charge is -2.16. The number of nitrogens with one attached hydrogen (secondary N) is 1. The molecule has 0 unspecified atom stereocenters. The minimum absolute atomic E-state index is 0.662. The SMILES string of the molecule is CCCCOc1c(CNCC)cccc1OCC. The molecule has 1 rings (SSSR count). The summed E-state index contributed by atoms with van der Waals surface area (Å²) in [6, 6.07) is 6.08. The fourth-order valence-electron chi connectivity index (χ4n) is 1.71. The van der Waals surface area contributed by atoms with Gasteiger partial charge < -0.3 is 14.8 Å². The zero-order chi connectivity index (χ0) is 13.2. The predicted molar refractivity (Wildman–Crippen MR) is 75.4 cm³/mol. The molecular formula is C15H25NO2. The fourth-order valence-corrected chi connectivity index (χ4v) is 1.71. The van der Waals surface area contributed by atoms with E-state index >= 15 is 0 Å². The molecule has 102 valence electrons. The molecule has 0 heterocycles. The van der Waals surface area contributed by atoms with Gasteiger partial charge in [-0.05, 0) is 26.0 Å². The summed E-state index contributed by atoms with van der Waals surface area (Å²) in [5, 5.41) is 3.33. The summed E-state index contributed by atoms with van der Waals surface area (Å²) in [4.78, 5) is 0. The monoisotopic (exact) mass is 251 g/mol. The van der Waals surface area contributed by atoms with Gasteiger partial charge in [-0.1, -0.05) is 32.4 Å². The molecule has 1 aromatic rings. The summed E-state index contributed by atoms with van der Waals surface area (Å²) in [7, 11) is 0. The van der Waals surface area contributed by atoms with Crippen LogP contribution in [-0.4, -0.2) is 19.8 Å². The van der Waals surface area contributed by atoms with Crippen molar-refractivity contribution in [1.29, 1.82) is 0 Å². The molecule has 1 N–H and O–H groups in total. The molecule has 0 aliphatic carbocycles. The van der Waals surface area contributed by atoms with Gasteiger partial charge in [-0.25, -0.2) is 0 Å². The first-order valence-electron chi connectivity index (χ1n) is 6.91. The van der Waals surface area contributed by atoms with Crippen molar-refractivity contribution >= 4 is 0 Å². The normalized spacial score (nSPS) is 10.4. The molecule has 0 spiro atoms. The van der Waals surface area contributed by atoms with Crippen molar-refractivity contribution in [3.8, 4) is 11.5 Å². The number of benzene rings is 1. The van der Waals surface area contributed by atoms with Gasteiger partial charge in [0.15, 0.2) is 11.5 Å². The van der Waals surface area contributed by atoms with Gasteiger partial charge in [-0.15, -0.1) is 0 Å². The Bertz CT molecular complexity index is 339. The quantitative estimate of drug-likeness (QED) is 0.683. The molecule has 0 fully saturated rings. The molecular weight excluding hydrogens is 226 g/mol. The van der Waals surface area contributed by atoms with E-state index in [1.807, 2.05) is 19.1 Å². The third kappa shape index (κ3) is 4.57. The van der Waals surface area contributed by atoms with Gasteiger partial charge in [0.05, 0.1) is 13.2 Å². The van der Waals surface area contributed by atoms with Crippen LogP contribution < -0.4 is 14.8 Å². The number of rotatable bonds is 9. The smallest absolute Gasteiger partial charge is 0.165 e. The summed E-state index contributed by atoms with van der Waals surface area (Å²) in [5.41, 5.74) is 1.17. The van der Waals surface area contributed by atoms with E-state index < -0.39 is 0 Å². The van der Waals surface area contributed by atoms with Gasteiger partial charge in [-0.3, -0.25) is 0 Å². The topological polar surface area (TPSA) is 30.5 Å². The van der Waals surface area contributed by atoms with E-state index in [4.69, 9.17) is 9.47 Å². The second kappa shape index (κ2) is 8.81. The van der Waals surface area contributed by atoms with Crippen molar-refractivity contribution in [2.75, 3.05) is 19.8 Å². The second-order valence-corrected chi connectivity index (χ2v) is 4.16. The molecule has 1 aromatic carbocycles. The summed E-state index contributed by atoms with van der Waals surface area (Å²) in [6.45, 7) is 9.44. The van der Waals surface area contributed by atoms with Gasteiger partial charge in [0, 0.05) is 12.1 Å². The highest BCUT2D eigenvalue weighted by molar-refractivity contribution is 5.46. The molecule has 0 aliphatic heterocycles. The highest BCUT2D eigenvalue weighted by Gasteiger charge is 2.10. The summed E-state index contributed by atoms with van der Waals surface area (Å²) >= 11 is 0.